The molecule has 0 unspecified atom stereocenters. The molecule has 120 valence electrons. The number of amides is 1. The lowest BCUT2D eigenvalue weighted by Crippen LogP contribution is -2.34. The summed E-state index contributed by atoms with van der Waals surface area (Å²) < 4.78 is 24.2. The summed E-state index contributed by atoms with van der Waals surface area (Å²) in [6, 6.07) is 11.5. The minimum absolute atomic E-state index is 0.168. The third-order valence-corrected chi connectivity index (χ3v) is 3.68. The molecule has 0 radical (unpaired) electrons. The molecule has 0 saturated carbocycles. The molecule has 0 spiro atoms. The predicted molar refractivity (Wildman–Crippen MR) is 84.5 cm³/mol. The van der Waals surface area contributed by atoms with Crippen LogP contribution in [0.15, 0.2) is 42.5 Å². The Hall–Kier alpha value is -2.56. The Balaban J connectivity index is 1.54. The van der Waals surface area contributed by atoms with Crippen molar-refractivity contribution in [2.24, 2.45) is 0 Å². The van der Waals surface area contributed by atoms with Gasteiger partial charge in [-0.2, -0.15) is 0 Å². The Labute approximate surface area is 134 Å². The summed E-state index contributed by atoms with van der Waals surface area (Å²) >= 11 is 0. The van der Waals surface area contributed by atoms with Gasteiger partial charge in [0.25, 0.3) is 5.91 Å². The summed E-state index contributed by atoms with van der Waals surface area (Å²) in [5, 5.41) is 2.84. The van der Waals surface area contributed by atoms with E-state index in [1.165, 1.54) is 12.1 Å². The smallest absolute Gasteiger partial charge is 0.251 e. The number of hydrogen-bond acceptors (Lipinski definition) is 3. The molecule has 1 N–H and O–H groups in total. The Morgan fingerprint density at radius 3 is 2.83 bits per heavy atom. The van der Waals surface area contributed by atoms with Crippen molar-refractivity contribution >= 4 is 5.91 Å². The molecule has 0 saturated heterocycles. The van der Waals surface area contributed by atoms with Crippen LogP contribution in [0, 0.1) is 5.82 Å². The van der Waals surface area contributed by atoms with E-state index in [1.54, 1.807) is 30.3 Å². The van der Waals surface area contributed by atoms with Crippen molar-refractivity contribution in [1.82, 2.24) is 5.32 Å². The van der Waals surface area contributed by atoms with E-state index in [0.29, 0.717) is 30.9 Å². The average molecular weight is 315 g/mol. The van der Waals surface area contributed by atoms with Crippen LogP contribution in [-0.4, -0.2) is 25.2 Å². The highest BCUT2D eigenvalue weighted by Gasteiger charge is 2.23. The van der Waals surface area contributed by atoms with Gasteiger partial charge < -0.3 is 14.8 Å². The van der Waals surface area contributed by atoms with E-state index in [1.807, 2.05) is 6.92 Å². The molecule has 4 nitrogen and oxygen atoms in total. The maximum absolute atomic E-state index is 13.2. The van der Waals surface area contributed by atoms with Gasteiger partial charge in [-0.15, -0.1) is 0 Å². The maximum atomic E-state index is 13.2. The van der Waals surface area contributed by atoms with Crippen molar-refractivity contribution < 1.29 is 18.7 Å². The molecule has 1 aliphatic heterocycles. The Kier molecular flexibility index (Phi) is 4.46. The largest absolute Gasteiger partial charge is 0.494 e. The van der Waals surface area contributed by atoms with Crippen molar-refractivity contribution in [2.45, 2.75) is 19.4 Å². The van der Waals surface area contributed by atoms with Gasteiger partial charge in [-0.3, -0.25) is 4.79 Å². The predicted octanol–water partition coefficient (Wildman–Crippen LogP) is 2.96. The standard InChI is InChI=1S/C18H18FNO3/c1-2-22-15-6-3-12(4-7-15)18(21)20-11-16-10-13-9-14(19)5-8-17(13)23-16/h3-9,16H,2,10-11H2,1H3,(H,20,21)/t16-/m0/s1. The van der Waals surface area contributed by atoms with Crippen molar-refractivity contribution in [2.75, 3.05) is 13.2 Å². The molecule has 2 aromatic carbocycles. The van der Waals surface area contributed by atoms with Crippen molar-refractivity contribution in [3.63, 3.8) is 0 Å². The summed E-state index contributed by atoms with van der Waals surface area (Å²) in [6.45, 7) is 2.88. The van der Waals surface area contributed by atoms with E-state index in [4.69, 9.17) is 9.47 Å². The summed E-state index contributed by atoms with van der Waals surface area (Å²) in [5.41, 5.74) is 1.40. The first-order valence-corrected chi connectivity index (χ1v) is 7.62. The zero-order valence-corrected chi connectivity index (χ0v) is 12.8. The van der Waals surface area contributed by atoms with Crippen molar-refractivity contribution in [3.05, 3.63) is 59.4 Å². The summed E-state index contributed by atoms with van der Waals surface area (Å²) in [6.07, 6.45) is 0.426. The minimum atomic E-state index is -0.272. The van der Waals surface area contributed by atoms with Gasteiger partial charge in [0.1, 0.15) is 23.4 Å². The molecule has 0 aliphatic carbocycles. The van der Waals surface area contributed by atoms with Crippen LogP contribution in [0.1, 0.15) is 22.8 Å². The summed E-state index contributed by atoms with van der Waals surface area (Å²) in [4.78, 5) is 12.1. The van der Waals surface area contributed by atoms with Gasteiger partial charge >= 0.3 is 0 Å². The molecular formula is C18H18FNO3. The van der Waals surface area contributed by atoms with Crippen molar-refractivity contribution in [1.29, 1.82) is 0 Å². The SMILES string of the molecule is CCOc1ccc(C(=O)NC[C@@H]2Cc3cc(F)ccc3O2)cc1. The normalized spacial score (nSPS) is 15.7. The number of halogens is 1. The van der Waals surface area contributed by atoms with Gasteiger partial charge in [-0.1, -0.05) is 0 Å². The molecule has 5 heteroatoms. The monoisotopic (exact) mass is 315 g/mol. The molecule has 0 aromatic heterocycles. The summed E-state index contributed by atoms with van der Waals surface area (Å²) in [7, 11) is 0. The lowest BCUT2D eigenvalue weighted by molar-refractivity contribution is 0.0933. The lowest BCUT2D eigenvalue weighted by Gasteiger charge is -2.12. The number of hydrogen-bond donors (Lipinski definition) is 1. The van der Waals surface area contributed by atoms with E-state index in [2.05, 4.69) is 5.32 Å². The van der Waals surface area contributed by atoms with E-state index >= 15 is 0 Å². The number of ether oxygens (including phenoxy) is 2. The molecular weight excluding hydrogens is 297 g/mol. The fraction of sp³-hybridized carbons (Fsp3) is 0.278. The van der Waals surface area contributed by atoms with Crippen LogP contribution in [0.3, 0.4) is 0 Å². The number of carbonyl (C=O) groups excluding carboxylic acids is 1. The maximum Gasteiger partial charge on any atom is 0.251 e. The van der Waals surface area contributed by atoms with Crippen LogP contribution in [0.25, 0.3) is 0 Å². The first-order valence-electron chi connectivity index (χ1n) is 7.62. The highest BCUT2D eigenvalue weighted by atomic mass is 19.1. The third kappa shape index (κ3) is 3.62. The van der Waals surface area contributed by atoms with Crippen molar-refractivity contribution in [3.8, 4) is 11.5 Å². The first kappa shape index (κ1) is 15.3. The van der Waals surface area contributed by atoms with Crippen LogP contribution >= 0.6 is 0 Å². The topological polar surface area (TPSA) is 47.6 Å². The number of fused-ring (bicyclic) bond motifs is 1. The third-order valence-electron chi connectivity index (χ3n) is 3.68. The second-order valence-corrected chi connectivity index (χ2v) is 5.36. The van der Waals surface area contributed by atoms with Gasteiger partial charge in [-0.05, 0) is 49.4 Å². The van der Waals surface area contributed by atoms with E-state index in [-0.39, 0.29) is 17.8 Å². The van der Waals surface area contributed by atoms with Gasteiger partial charge in [0.2, 0.25) is 0 Å². The molecule has 23 heavy (non-hydrogen) atoms. The van der Waals surface area contributed by atoms with Gasteiger partial charge in [0.15, 0.2) is 0 Å². The second-order valence-electron chi connectivity index (χ2n) is 5.36. The van der Waals surface area contributed by atoms with Gasteiger partial charge in [0, 0.05) is 17.5 Å². The minimum Gasteiger partial charge on any atom is -0.494 e. The Morgan fingerprint density at radius 2 is 2.09 bits per heavy atom. The molecule has 0 bridgehead atoms. The van der Waals surface area contributed by atoms with Gasteiger partial charge in [0.05, 0.1) is 13.2 Å². The fourth-order valence-corrected chi connectivity index (χ4v) is 2.58. The quantitative estimate of drug-likeness (QED) is 0.923. The molecule has 1 aliphatic rings. The lowest BCUT2D eigenvalue weighted by atomic mass is 10.1. The Bertz CT molecular complexity index is 700. The second kappa shape index (κ2) is 6.69. The highest BCUT2D eigenvalue weighted by Crippen LogP contribution is 2.28. The molecule has 1 atom stereocenters. The van der Waals surface area contributed by atoms with E-state index in [0.717, 1.165) is 11.3 Å². The zero-order chi connectivity index (χ0) is 16.2. The molecule has 3 rings (SSSR count). The zero-order valence-electron chi connectivity index (χ0n) is 12.8. The fourth-order valence-electron chi connectivity index (χ4n) is 2.58. The molecule has 0 fully saturated rings. The van der Waals surface area contributed by atoms with Crippen LogP contribution in [0.5, 0.6) is 11.5 Å². The summed E-state index contributed by atoms with van der Waals surface area (Å²) in [5.74, 6) is 0.984. The average Bonchev–Trinajstić information content (AvgIpc) is 2.95. The highest BCUT2D eigenvalue weighted by molar-refractivity contribution is 5.94. The molecule has 2 aromatic rings. The number of nitrogens with one attached hydrogen (secondary N) is 1. The van der Waals surface area contributed by atoms with Crippen LogP contribution in [-0.2, 0) is 6.42 Å². The number of benzene rings is 2. The van der Waals surface area contributed by atoms with Crippen LogP contribution in [0.2, 0.25) is 0 Å². The van der Waals surface area contributed by atoms with Crippen LogP contribution in [0.4, 0.5) is 4.39 Å². The van der Waals surface area contributed by atoms with Crippen LogP contribution < -0.4 is 14.8 Å². The molecule has 1 heterocycles. The van der Waals surface area contributed by atoms with E-state index in [9.17, 15) is 9.18 Å². The van der Waals surface area contributed by atoms with Gasteiger partial charge in [-0.25, -0.2) is 4.39 Å². The Morgan fingerprint density at radius 1 is 1.30 bits per heavy atom. The van der Waals surface area contributed by atoms with E-state index < -0.39 is 0 Å². The molecule has 1 amide bonds. The first-order chi connectivity index (χ1) is 11.2. The number of rotatable bonds is 5. The number of carbonyl (C=O) groups is 1.